The fraction of sp³-hybridized carbons (Fsp3) is 0.364. The second-order valence-corrected chi connectivity index (χ2v) is 4.03. The predicted octanol–water partition coefficient (Wildman–Crippen LogP) is 1.78. The third kappa shape index (κ3) is 2.59. The molecule has 0 amide bonds. The number of rotatable bonds is 4. The van der Waals surface area contributed by atoms with Crippen molar-refractivity contribution in [3.63, 3.8) is 0 Å². The number of aromatic nitrogens is 2. The normalized spacial score (nSPS) is 12.8. The van der Waals surface area contributed by atoms with Crippen molar-refractivity contribution in [1.29, 1.82) is 0 Å². The van der Waals surface area contributed by atoms with Gasteiger partial charge in [-0.3, -0.25) is 10.1 Å². The molecule has 1 atom stereocenters. The van der Waals surface area contributed by atoms with Gasteiger partial charge >= 0.3 is 0 Å². The van der Waals surface area contributed by atoms with Gasteiger partial charge in [0.1, 0.15) is 5.82 Å². The number of fused-ring (bicyclic) bond motifs is 1. The lowest BCUT2D eigenvalue weighted by atomic mass is 10.2. The SMILES string of the molecule is C[C@H](O)CCc1nc2ccc([N+](=O)[O-])cc2[nH]1. The molecule has 6 heteroatoms. The summed E-state index contributed by atoms with van der Waals surface area (Å²) in [5, 5.41) is 19.8. The van der Waals surface area contributed by atoms with Crippen LogP contribution in [-0.4, -0.2) is 26.1 Å². The number of non-ortho nitro benzene ring substituents is 1. The van der Waals surface area contributed by atoms with E-state index < -0.39 is 4.92 Å². The van der Waals surface area contributed by atoms with Crippen LogP contribution in [0.3, 0.4) is 0 Å². The summed E-state index contributed by atoms with van der Waals surface area (Å²) in [6.07, 6.45) is 0.861. The molecule has 0 aliphatic heterocycles. The maximum absolute atomic E-state index is 10.6. The third-order valence-electron chi connectivity index (χ3n) is 2.52. The Balaban J connectivity index is 2.27. The number of benzene rings is 1. The van der Waals surface area contributed by atoms with Gasteiger partial charge in [0.15, 0.2) is 0 Å². The number of nitro benzene ring substituents is 1. The Morgan fingerprint density at radius 1 is 1.59 bits per heavy atom. The molecule has 1 aromatic carbocycles. The lowest BCUT2D eigenvalue weighted by molar-refractivity contribution is -0.384. The Morgan fingerprint density at radius 2 is 2.35 bits per heavy atom. The molecule has 90 valence electrons. The number of nitrogens with zero attached hydrogens (tertiary/aromatic N) is 2. The third-order valence-corrected chi connectivity index (χ3v) is 2.52. The summed E-state index contributed by atoms with van der Waals surface area (Å²) in [4.78, 5) is 17.5. The van der Waals surface area contributed by atoms with Gasteiger partial charge in [-0.25, -0.2) is 4.98 Å². The number of nitro groups is 1. The number of hydrogen-bond donors (Lipinski definition) is 2. The van der Waals surface area contributed by atoms with Crippen LogP contribution in [0.15, 0.2) is 18.2 Å². The highest BCUT2D eigenvalue weighted by atomic mass is 16.6. The van der Waals surface area contributed by atoms with E-state index in [0.717, 1.165) is 5.82 Å². The van der Waals surface area contributed by atoms with Crippen molar-refractivity contribution in [2.45, 2.75) is 25.9 Å². The summed E-state index contributed by atoms with van der Waals surface area (Å²) in [7, 11) is 0. The Labute approximate surface area is 97.4 Å². The first kappa shape index (κ1) is 11.5. The summed E-state index contributed by atoms with van der Waals surface area (Å²) >= 11 is 0. The van der Waals surface area contributed by atoms with Crippen molar-refractivity contribution in [1.82, 2.24) is 9.97 Å². The molecule has 0 aliphatic carbocycles. The molecule has 2 N–H and O–H groups in total. The summed E-state index contributed by atoms with van der Waals surface area (Å²) in [6.45, 7) is 1.72. The van der Waals surface area contributed by atoms with Crippen molar-refractivity contribution in [3.8, 4) is 0 Å². The van der Waals surface area contributed by atoms with Gasteiger partial charge in [-0.05, 0) is 19.4 Å². The van der Waals surface area contributed by atoms with E-state index in [-0.39, 0.29) is 11.8 Å². The molecule has 0 radical (unpaired) electrons. The first-order valence-corrected chi connectivity index (χ1v) is 5.37. The molecular weight excluding hydrogens is 222 g/mol. The van der Waals surface area contributed by atoms with Gasteiger partial charge in [0.05, 0.1) is 22.1 Å². The highest BCUT2D eigenvalue weighted by Crippen LogP contribution is 2.19. The summed E-state index contributed by atoms with van der Waals surface area (Å²) < 4.78 is 0. The van der Waals surface area contributed by atoms with E-state index in [1.165, 1.54) is 12.1 Å². The quantitative estimate of drug-likeness (QED) is 0.624. The predicted molar refractivity (Wildman–Crippen MR) is 62.7 cm³/mol. The molecule has 2 rings (SSSR count). The zero-order chi connectivity index (χ0) is 12.4. The zero-order valence-electron chi connectivity index (χ0n) is 9.38. The van der Waals surface area contributed by atoms with Crippen LogP contribution in [0.2, 0.25) is 0 Å². The standard InChI is InChI=1S/C11H13N3O3/c1-7(15)2-5-11-12-9-4-3-8(14(16)17)6-10(9)13-11/h3-4,6-7,15H,2,5H2,1H3,(H,12,13)/t7-/m0/s1. The van der Waals surface area contributed by atoms with Crippen LogP contribution in [0.25, 0.3) is 11.0 Å². The van der Waals surface area contributed by atoms with Crippen LogP contribution in [0.1, 0.15) is 19.2 Å². The fourth-order valence-electron chi connectivity index (χ4n) is 1.63. The lowest BCUT2D eigenvalue weighted by Gasteiger charge is -1.99. The number of hydrogen-bond acceptors (Lipinski definition) is 4. The van der Waals surface area contributed by atoms with E-state index in [4.69, 9.17) is 0 Å². The molecule has 0 bridgehead atoms. The van der Waals surface area contributed by atoms with Crippen LogP contribution in [0.4, 0.5) is 5.69 Å². The number of aromatic amines is 1. The maximum Gasteiger partial charge on any atom is 0.271 e. The number of aliphatic hydroxyl groups is 1. The van der Waals surface area contributed by atoms with E-state index in [1.54, 1.807) is 13.0 Å². The van der Waals surface area contributed by atoms with Gasteiger partial charge in [-0.1, -0.05) is 0 Å². The minimum Gasteiger partial charge on any atom is -0.393 e. The molecule has 0 saturated heterocycles. The number of aliphatic hydroxyl groups excluding tert-OH is 1. The molecular formula is C11H13N3O3. The van der Waals surface area contributed by atoms with Crippen LogP contribution < -0.4 is 0 Å². The Bertz CT molecular complexity index is 548. The molecule has 6 nitrogen and oxygen atoms in total. The smallest absolute Gasteiger partial charge is 0.271 e. The monoisotopic (exact) mass is 235 g/mol. The molecule has 2 aromatic rings. The van der Waals surface area contributed by atoms with Crippen LogP contribution in [-0.2, 0) is 6.42 Å². The number of imidazole rings is 1. The summed E-state index contributed by atoms with van der Waals surface area (Å²) in [6, 6.07) is 4.52. The summed E-state index contributed by atoms with van der Waals surface area (Å²) in [5.74, 6) is 0.737. The van der Waals surface area contributed by atoms with Crippen LogP contribution >= 0.6 is 0 Å². The van der Waals surface area contributed by atoms with Gasteiger partial charge in [0.2, 0.25) is 0 Å². The molecule has 1 aromatic heterocycles. The Kier molecular flexibility index (Phi) is 3.06. The minimum atomic E-state index is -0.435. The van der Waals surface area contributed by atoms with E-state index >= 15 is 0 Å². The van der Waals surface area contributed by atoms with Crippen molar-refractivity contribution in [2.24, 2.45) is 0 Å². The molecule has 0 saturated carbocycles. The van der Waals surface area contributed by atoms with Gasteiger partial charge in [0.25, 0.3) is 5.69 Å². The van der Waals surface area contributed by atoms with Crippen molar-refractivity contribution < 1.29 is 10.0 Å². The molecule has 0 spiro atoms. The van der Waals surface area contributed by atoms with Crippen LogP contribution in [0.5, 0.6) is 0 Å². The topological polar surface area (TPSA) is 92.1 Å². The van der Waals surface area contributed by atoms with Gasteiger partial charge in [-0.2, -0.15) is 0 Å². The molecule has 17 heavy (non-hydrogen) atoms. The second-order valence-electron chi connectivity index (χ2n) is 4.03. The first-order chi connectivity index (χ1) is 8.06. The number of aryl methyl sites for hydroxylation is 1. The zero-order valence-corrected chi connectivity index (χ0v) is 9.38. The highest BCUT2D eigenvalue weighted by Gasteiger charge is 2.09. The average molecular weight is 235 g/mol. The Hall–Kier alpha value is -1.95. The van der Waals surface area contributed by atoms with E-state index in [2.05, 4.69) is 9.97 Å². The van der Waals surface area contributed by atoms with Crippen molar-refractivity contribution in [2.75, 3.05) is 0 Å². The van der Waals surface area contributed by atoms with E-state index in [9.17, 15) is 15.2 Å². The lowest BCUT2D eigenvalue weighted by Crippen LogP contribution is -2.02. The Morgan fingerprint density at radius 3 is 3.00 bits per heavy atom. The fourth-order valence-corrected chi connectivity index (χ4v) is 1.63. The average Bonchev–Trinajstić information content (AvgIpc) is 2.67. The van der Waals surface area contributed by atoms with Gasteiger partial charge < -0.3 is 10.1 Å². The molecule has 0 unspecified atom stereocenters. The molecule has 0 aliphatic rings. The number of nitrogens with one attached hydrogen (secondary N) is 1. The van der Waals surface area contributed by atoms with E-state index in [0.29, 0.717) is 23.9 Å². The van der Waals surface area contributed by atoms with Crippen LogP contribution in [0, 0.1) is 10.1 Å². The van der Waals surface area contributed by atoms with Crippen molar-refractivity contribution >= 4 is 16.7 Å². The summed E-state index contributed by atoms with van der Waals surface area (Å²) in [5.41, 5.74) is 1.40. The van der Waals surface area contributed by atoms with E-state index in [1.807, 2.05) is 0 Å². The molecule has 1 heterocycles. The molecule has 0 fully saturated rings. The first-order valence-electron chi connectivity index (χ1n) is 5.37. The maximum atomic E-state index is 10.6. The largest absolute Gasteiger partial charge is 0.393 e. The van der Waals surface area contributed by atoms with Gasteiger partial charge in [-0.15, -0.1) is 0 Å². The number of H-pyrrole nitrogens is 1. The second kappa shape index (κ2) is 4.50. The minimum absolute atomic E-state index is 0.0447. The highest BCUT2D eigenvalue weighted by molar-refractivity contribution is 5.77. The van der Waals surface area contributed by atoms with Gasteiger partial charge in [0, 0.05) is 18.6 Å². The van der Waals surface area contributed by atoms with Crippen molar-refractivity contribution in [3.05, 3.63) is 34.1 Å².